The number of anilines is 1. The van der Waals surface area contributed by atoms with Gasteiger partial charge in [-0.05, 0) is 65.4 Å². The van der Waals surface area contributed by atoms with Gasteiger partial charge >= 0.3 is 0 Å². The van der Waals surface area contributed by atoms with Crippen LogP contribution < -0.4 is 9.62 Å². The number of amides is 2. The number of halogens is 2. The van der Waals surface area contributed by atoms with Crippen LogP contribution in [0.25, 0.3) is 0 Å². The van der Waals surface area contributed by atoms with Crippen molar-refractivity contribution in [2.24, 2.45) is 5.92 Å². The molecule has 2 amide bonds. The van der Waals surface area contributed by atoms with Crippen LogP contribution in [0.4, 0.5) is 5.69 Å². The van der Waals surface area contributed by atoms with E-state index in [1.165, 1.54) is 17.0 Å². The molecule has 4 aromatic carbocycles. The van der Waals surface area contributed by atoms with Gasteiger partial charge in [0.1, 0.15) is 12.6 Å². The molecule has 0 aliphatic rings. The lowest BCUT2D eigenvalue weighted by Gasteiger charge is -2.34. The standard InChI is InChI=1S/C36H39Cl2N3O4S/c1-4-27-15-19-31(20-16-27)41(46(44,45)32-13-9-6-10-14-32)25-35(42)40(24-29-17-18-30(37)22-33(29)38)34(36(43)39-23-26(2)3)21-28-11-7-5-8-12-28/h5-20,22,26,34H,4,21,23-25H2,1-3H3,(H,39,43)/t34-/m0/s1. The van der Waals surface area contributed by atoms with Crippen LogP contribution in [-0.2, 0) is 39.0 Å². The van der Waals surface area contributed by atoms with Gasteiger partial charge in [0.15, 0.2) is 0 Å². The van der Waals surface area contributed by atoms with E-state index in [4.69, 9.17) is 23.2 Å². The van der Waals surface area contributed by atoms with Crippen LogP contribution in [0.1, 0.15) is 37.5 Å². The highest BCUT2D eigenvalue weighted by Gasteiger charge is 2.35. The third-order valence-electron chi connectivity index (χ3n) is 7.55. The molecule has 0 aliphatic carbocycles. The maximum absolute atomic E-state index is 14.6. The number of hydrogen-bond acceptors (Lipinski definition) is 4. The van der Waals surface area contributed by atoms with Gasteiger partial charge in [-0.3, -0.25) is 13.9 Å². The maximum atomic E-state index is 14.6. The summed E-state index contributed by atoms with van der Waals surface area (Å²) in [5.74, 6) is -0.736. The summed E-state index contributed by atoms with van der Waals surface area (Å²) in [4.78, 5) is 29.9. The number of sulfonamides is 1. The number of benzene rings is 4. The van der Waals surface area contributed by atoms with Crippen LogP contribution in [0.5, 0.6) is 0 Å². The molecule has 46 heavy (non-hydrogen) atoms. The van der Waals surface area contributed by atoms with Gasteiger partial charge < -0.3 is 10.2 Å². The van der Waals surface area contributed by atoms with Crippen molar-refractivity contribution in [3.63, 3.8) is 0 Å². The number of aryl methyl sites for hydroxylation is 1. The maximum Gasteiger partial charge on any atom is 0.264 e. The molecule has 1 atom stereocenters. The summed E-state index contributed by atoms with van der Waals surface area (Å²) in [5.41, 5.74) is 2.77. The number of nitrogens with zero attached hydrogens (tertiary/aromatic N) is 2. The Morgan fingerprint density at radius 3 is 2.04 bits per heavy atom. The molecule has 0 saturated carbocycles. The van der Waals surface area contributed by atoms with E-state index >= 15 is 0 Å². The highest BCUT2D eigenvalue weighted by atomic mass is 35.5. The molecule has 4 rings (SSSR count). The zero-order valence-electron chi connectivity index (χ0n) is 26.2. The van der Waals surface area contributed by atoms with E-state index in [-0.39, 0.29) is 29.7 Å². The van der Waals surface area contributed by atoms with Crippen molar-refractivity contribution in [3.05, 3.63) is 130 Å². The average molecular weight is 681 g/mol. The first-order valence-corrected chi connectivity index (χ1v) is 17.4. The fraction of sp³-hybridized carbons (Fsp3) is 0.278. The molecule has 0 radical (unpaired) electrons. The summed E-state index contributed by atoms with van der Waals surface area (Å²) in [6.07, 6.45) is 0.977. The van der Waals surface area contributed by atoms with Gasteiger partial charge in [0.05, 0.1) is 10.6 Å². The summed E-state index contributed by atoms with van der Waals surface area (Å²) in [6.45, 7) is 5.80. The highest BCUT2D eigenvalue weighted by molar-refractivity contribution is 7.92. The minimum Gasteiger partial charge on any atom is -0.354 e. The Balaban J connectivity index is 1.81. The van der Waals surface area contributed by atoms with Crippen LogP contribution in [0.3, 0.4) is 0 Å². The highest BCUT2D eigenvalue weighted by Crippen LogP contribution is 2.27. The molecular weight excluding hydrogens is 641 g/mol. The summed E-state index contributed by atoms with van der Waals surface area (Å²) in [5, 5.41) is 3.74. The topological polar surface area (TPSA) is 86.8 Å². The molecule has 7 nitrogen and oxygen atoms in total. The number of carbonyl (C=O) groups excluding carboxylic acids is 2. The minimum atomic E-state index is -4.17. The third kappa shape index (κ3) is 9.12. The molecule has 0 bridgehead atoms. The lowest BCUT2D eigenvalue weighted by Crippen LogP contribution is -2.53. The molecule has 0 spiro atoms. The molecule has 10 heteroatoms. The van der Waals surface area contributed by atoms with E-state index in [1.54, 1.807) is 48.5 Å². The molecule has 0 aliphatic heterocycles. The predicted octanol–water partition coefficient (Wildman–Crippen LogP) is 7.16. The van der Waals surface area contributed by atoms with Gasteiger partial charge in [-0.25, -0.2) is 8.42 Å². The lowest BCUT2D eigenvalue weighted by atomic mass is 10.0. The zero-order chi connectivity index (χ0) is 33.3. The van der Waals surface area contributed by atoms with Crippen LogP contribution in [0.15, 0.2) is 108 Å². The number of rotatable bonds is 14. The molecule has 1 N–H and O–H groups in total. The Labute approximate surface area is 282 Å². The van der Waals surface area contributed by atoms with Crippen LogP contribution in [0, 0.1) is 5.92 Å². The summed E-state index contributed by atoms with van der Waals surface area (Å²) in [6, 6.07) is 28.5. The second-order valence-electron chi connectivity index (χ2n) is 11.4. The van der Waals surface area contributed by atoms with E-state index in [2.05, 4.69) is 5.32 Å². The normalized spacial score (nSPS) is 12.0. The largest absolute Gasteiger partial charge is 0.354 e. The first-order valence-electron chi connectivity index (χ1n) is 15.2. The minimum absolute atomic E-state index is 0.0462. The van der Waals surface area contributed by atoms with Crippen molar-refractivity contribution in [3.8, 4) is 0 Å². The monoisotopic (exact) mass is 679 g/mol. The number of carbonyl (C=O) groups is 2. The summed E-state index contributed by atoms with van der Waals surface area (Å²) >= 11 is 12.8. The Hall–Kier alpha value is -3.85. The van der Waals surface area contributed by atoms with E-state index in [0.29, 0.717) is 27.8 Å². The SMILES string of the molecule is CCc1ccc(N(CC(=O)N(Cc2ccc(Cl)cc2Cl)[C@@H](Cc2ccccc2)C(=O)NCC(C)C)S(=O)(=O)c2ccccc2)cc1. The van der Waals surface area contributed by atoms with Crippen LogP contribution >= 0.6 is 23.2 Å². The van der Waals surface area contributed by atoms with Crippen molar-refractivity contribution in [2.75, 3.05) is 17.4 Å². The first-order chi connectivity index (χ1) is 22.0. The van der Waals surface area contributed by atoms with Crippen molar-refractivity contribution >= 4 is 50.7 Å². The molecule has 0 unspecified atom stereocenters. The van der Waals surface area contributed by atoms with Gasteiger partial charge in [0.2, 0.25) is 11.8 Å². The van der Waals surface area contributed by atoms with E-state index in [9.17, 15) is 18.0 Å². The van der Waals surface area contributed by atoms with Crippen molar-refractivity contribution in [2.45, 2.75) is 51.1 Å². The van der Waals surface area contributed by atoms with Crippen molar-refractivity contribution in [1.82, 2.24) is 10.2 Å². The summed E-state index contributed by atoms with van der Waals surface area (Å²) in [7, 11) is -4.17. The second kappa shape index (κ2) is 16.1. The molecule has 0 aromatic heterocycles. The molecular formula is C36H39Cl2N3O4S. The lowest BCUT2D eigenvalue weighted by molar-refractivity contribution is -0.140. The third-order valence-corrected chi connectivity index (χ3v) is 9.93. The zero-order valence-corrected chi connectivity index (χ0v) is 28.5. The number of hydrogen-bond donors (Lipinski definition) is 1. The van der Waals surface area contributed by atoms with Gasteiger partial charge in [-0.2, -0.15) is 0 Å². The first kappa shape index (κ1) is 35.0. The van der Waals surface area contributed by atoms with Gasteiger partial charge in [-0.1, -0.05) is 111 Å². The van der Waals surface area contributed by atoms with Crippen molar-refractivity contribution < 1.29 is 18.0 Å². The van der Waals surface area contributed by atoms with E-state index < -0.39 is 28.5 Å². The van der Waals surface area contributed by atoms with Gasteiger partial charge in [0.25, 0.3) is 10.0 Å². The van der Waals surface area contributed by atoms with Crippen LogP contribution in [-0.4, -0.2) is 44.3 Å². The quantitative estimate of drug-likeness (QED) is 0.153. The molecule has 0 saturated heterocycles. The Bertz CT molecular complexity index is 1720. The van der Waals surface area contributed by atoms with E-state index in [0.717, 1.165) is 21.9 Å². The van der Waals surface area contributed by atoms with Crippen LogP contribution in [0.2, 0.25) is 10.0 Å². The fourth-order valence-corrected chi connectivity index (χ4v) is 6.86. The van der Waals surface area contributed by atoms with E-state index in [1.807, 2.05) is 63.2 Å². The Morgan fingerprint density at radius 1 is 0.826 bits per heavy atom. The summed E-state index contributed by atoms with van der Waals surface area (Å²) < 4.78 is 29.3. The Kier molecular flexibility index (Phi) is 12.3. The smallest absolute Gasteiger partial charge is 0.264 e. The second-order valence-corrected chi connectivity index (χ2v) is 14.2. The van der Waals surface area contributed by atoms with Gasteiger partial charge in [-0.15, -0.1) is 0 Å². The molecule has 0 heterocycles. The van der Waals surface area contributed by atoms with Gasteiger partial charge in [0, 0.05) is 29.6 Å². The number of nitrogens with one attached hydrogen (secondary N) is 1. The average Bonchev–Trinajstić information content (AvgIpc) is 3.05. The Morgan fingerprint density at radius 2 is 1.46 bits per heavy atom. The fourth-order valence-electron chi connectivity index (χ4n) is 4.96. The molecule has 0 fully saturated rings. The van der Waals surface area contributed by atoms with Crippen molar-refractivity contribution in [1.29, 1.82) is 0 Å². The molecule has 242 valence electrons. The predicted molar refractivity (Wildman–Crippen MR) is 186 cm³/mol. The molecule has 4 aromatic rings.